The Morgan fingerprint density at radius 1 is 1.53 bits per heavy atom. The van der Waals surface area contributed by atoms with Crippen molar-refractivity contribution >= 4 is 16.2 Å². The van der Waals surface area contributed by atoms with Crippen LogP contribution in [0, 0.1) is 0 Å². The maximum absolute atomic E-state index is 10.9. The van der Waals surface area contributed by atoms with E-state index in [-0.39, 0.29) is 5.78 Å². The summed E-state index contributed by atoms with van der Waals surface area (Å²) in [5, 5.41) is 0. The number of carbonyl (C=O) groups is 1. The summed E-state index contributed by atoms with van der Waals surface area (Å²) >= 11 is 0. The van der Waals surface area contributed by atoms with Crippen molar-refractivity contribution in [3.63, 3.8) is 0 Å². The second-order valence-corrected chi connectivity index (χ2v) is 4.36. The highest BCUT2D eigenvalue weighted by Crippen LogP contribution is 1.95. The summed E-state index contributed by atoms with van der Waals surface area (Å²) in [5.74, 6) is 0.117. The fraction of sp³-hybridized carbons (Fsp3) is 0.625. The van der Waals surface area contributed by atoms with Crippen LogP contribution in [-0.4, -0.2) is 55.0 Å². The van der Waals surface area contributed by atoms with Crippen LogP contribution in [0.1, 0.15) is 6.92 Å². The van der Waals surface area contributed by atoms with Crippen LogP contribution >= 0.6 is 0 Å². The molecule has 0 aliphatic heterocycles. The summed E-state index contributed by atoms with van der Waals surface area (Å²) in [6, 6.07) is 0. The zero-order valence-corrected chi connectivity index (χ0v) is 9.95. The fourth-order valence-corrected chi connectivity index (χ4v) is 0.598. The molecule has 90 valence electrons. The van der Waals surface area contributed by atoms with Crippen LogP contribution < -0.4 is 0 Å². The Morgan fingerprint density at radius 3 is 2.07 bits per heavy atom. The van der Waals surface area contributed by atoms with Crippen LogP contribution in [0.3, 0.4) is 0 Å². The van der Waals surface area contributed by atoms with Crippen molar-refractivity contribution in [2.45, 2.75) is 6.92 Å². The van der Waals surface area contributed by atoms with Crippen LogP contribution in [0.2, 0.25) is 0 Å². The summed E-state index contributed by atoms with van der Waals surface area (Å²) in [6.45, 7) is 7.01. The highest BCUT2D eigenvalue weighted by Gasteiger charge is 2.14. The summed E-state index contributed by atoms with van der Waals surface area (Å²) in [4.78, 5) is 10.9. The number of ketones is 1. The number of likely N-dealkylation sites (N-methyl/N-ethyl adjacent to an activating group) is 1. The molecule has 1 N–H and O–H groups in total. The smallest absolute Gasteiger partial charge is 0.215 e. The molecule has 0 unspecified atom stereocenters. The molecule has 0 saturated carbocycles. The van der Waals surface area contributed by atoms with Crippen molar-refractivity contribution in [3.8, 4) is 0 Å². The Kier molecular flexibility index (Phi) is 7.41. The first kappa shape index (κ1) is 16.7. The Bertz CT molecular complexity index is 299. The van der Waals surface area contributed by atoms with Crippen molar-refractivity contribution in [3.05, 3.63) is 12.7 Å². The number of carbonyl (C=O) groups excluding carboxylic acids is 1. The van der Waals surface area contributed by atoms with Gasteiger partial charge in [-0.05, 0) is 13.0 Å². The van der Waals surface area contributed by atoms with Crippen LogP contribution in [-0.2, 0) is 15.2 Å². The van der Waals surface area contributed by atoms with Crippen molar-refractivity contribution in [1.29, 1.82) is 0 Å². The van der Waals surface area contributed by atoms with E-state index in [2.05, 4.69) is 13.5 Å². The third-order valence-electron chi connectivity index (χ3n) is 1.67. The normalized spacial score (nSPS) is 11.3. The van der Waals surface area contributed by atoms with E-state index in [4.69, 9.17) is 17.5 Å². The Morgan fingerprint density at radius 2 is 1.87 bits per heavy atom. The Labute approximate surface area is 90.4 Å². The molecule has 0 bridgehead atoms. The Balaban J connectivity index is 0. The average Bonchev–Trinajstić information content (AvgIpc) is 2.00. The molecule has 0 radical (unpaired) electrons. The lowest BCUT2D eigenvalue weighted by molar-refractivity contribution is -0.880. The van der Waals surface area contributed by atoms with Crippen LogP contribution in [0.5, 0.6) is 0 Å². The maximum atomic E-state index is 10.9. The number of hydrogen-bond donors (Lipinski definition) is 1. The molecule has 0 aliphatic rings. The first-order chi connectivity index (χ1) is 6.52. The van der Waals surface area contributed by atoms with Gasteiger partial charge in [0.05, 0.1) is 20.6 Å². The maximum Gasteiger partial charge on any atom is 0.215 e. The van der Waals surface area contributed by atoms with E-state index in [1.807, 2.05) is 14.1 Å². The third-order valence-corrected chi connectivity index (χ3v) is 1.67. The van der Waals surface area contributed by atoms with E-state index < -0.39 is 10.4 Å². The van der Waals surface area contributed by atoms with Crippen LogP contribution in [0.4, 0.5) is 0 Å². The van der Waals surface area contributed by atoms with Crippen molar-refractivity contribution in [2.75, 3.05) is 27.2 Å². The van der Waals surface area contributed by atoms with Gasteiger partial charge in [0.15, 0.2) is 0 Å². The first-order valence-electron chi connectivity index (χ1n) is 4.17. The summed E-state index contributed by atoms with van der Waals surface area (Å²) in [5.41, 5.74) is 0. The van der Waals surface area contributed by atoms with E-state index in [0.717, 1.165) is 11.0 Å². The molecule has 6 nitrogen and oxygen atoms in total. The summed E-state index contributed by atoms with van der Waals surface area (Å²) < 4.78 is 33.6. The number of quaternary nitrogens is 1. The number of hydrogen-bond acceptors (Lipinski definition) is 4. The van der Waals surface area contributed by atoms with Gasteiger partial charge in [0.25, 0.3) is 0 Å². The van der Waals surface area contributed by atoms with E-state index in [9.17, 15) is 4.79 Å². The quantitative estimate of drug-likeness (QED) is 0.318. The lowest BCUT2D eigenvalue weighted by Gasteiger charge is -2.26. The van der Waals surface area contributed by atoms with Gasteiger partial charge >= 0.3 is 0 Å². The largest absolute Gasteiger partial charge is 0.726 e. The topological polar surface area (TPSA) is 94.5 Å². The molecule has 0 heterocycles. The minimum atomic E-state index is -4.92. The predicted molar refractivity (Wildman–Crippen MR) is 55.0 cm³/mol. The molecule has 0 amide bonds. The van der Waals surface area contributed by atoms with Gasteiger partial charge in [-0.1, -0.05) is 6.58 Å². The third kappa shape index (κ3) is 19.6. The minimum Gasteiger partial charge on any atom is -0.726 e. The molecule has 0 aromatic rings. The molecule has 0 saturated heterocycles. The van der Waals surface area contributed by atoms with E-state index in [0.29, 0.717) is 6.54 Å². The molecular weight excluding hydrogens is 222 g/mol. The zero-order valence-electron chi connectivity index (χ0n) is 9.13. The van der Waals surface area contributed by atoms with Gasteiger partial charge < -0.3 is 9.04 Å². The SMILES string of the molecule is C=CC(=O)C[N+](C)(C)CC.O=S(=O)([O-])O. The second-order valence-electron chi connectivity index (χ2n) is 3.51. The summed E-state index contributed by atoms with van der Waals surface area (Å²) in [7, 11) is -0.858. The van der Waals surface area contributed by atoms with Gasteiger partial charge in [-0.3, -0.25) is 9.35 Å². The van der Waals surface area contributed by atoms with Crippen molar-refractivity contribution in [1.82, 2.24) is 0 Å². The second kappa shape index (κ2) is 6.67. The van der Waals surface area contributed by atoms with Crippen LogP contribution in [0.15, 0.2) is 12.7 Å². The molecule has 0 aromatic heterocycles. The van der Waals surface area contributed by atoms with Crippen molar-refractivity contribution < 1.29 is 26.8 Å². The molecule has 0 fully saturated rings. The highest BCUT2D eigenvalue weighted by atomic mass is 32.3. The minimum absolute atomic E-state index is 0.117. The highest BCUT2D eigenvalue weighted by molar-refractivity contribution is 7.79. The van der Waals surface area contributed by atoms with Crippen molar-refractivity contribution in [2.24, 2.45) is 0 Å². The zero-order chi connectivity index (χ0) is 12.7. The van der Waals surface area contributed by atoms with E-state index >= 15 is 0 Å². The standard InChI is InChI=1S/C8H16NO.H2O4S/c1-5-8(10)7-9(3,4)6-2;1-5(2,3)4/h5H,1,6-7H2,2-4H3;(H2,1,2,3,4)/q+1;/p-1. The molecule has 0 spiro atoms. The monoisotopic (exact) mass is 239 g/mol. The van der Waals surface area contributed by atoms with Gasteiger partial charge in [0.1, 0.15) is 6.54 Å². The molecule has 0 aromatic carbocycles. The van der Waals surface area contributed by atoms with Gasteiger partial charge in [-0.2, -0.15) is 0 Å². The van der Waals surface area contributed by atoms with E-state index in [1.165, 1.54) is 6.08 Å². The number of rotatable bonds is 4. The predicted octanol–water partition coefficient (Wildman–Crippen LogP) is -0.158. The summed E-state index contributed by atoms with van der Waals surface area (Å²) in [6.07, 6.45) is 1.38. The van der Waals surface area contributed by atoms with E-state index in [1.54, 1.807) is 0 Å². The van der Waals surface area contributed by atoms with Gasteiger partial charge in [0, 0.05) is 0 Å². The fourth-order valence-electron chi connectivity index (χ4n) is 0.598. The lowest BCUT2D eigenvalue weighted by atomic mass is 10.3. The van der Waals surface area contributed by atoms with Gasteiger partial charge in [-0.25, -0.2) is 8.42 Å². The molecule has 0 atom stereocenters. The van der Waals surface area contributed by atoms with Crippen LogP contribution in [0.25, 0.3) is 0 Å². The molecule has 0 rings (SSSR count). The Hall–Kier alpha value is -0.760. The molecular formula is C8H17NO5S. The van der Waals surface area contributed by atoms with Gasteiger partial charge in [0.2, 0.25) is 16.2 Å². The lowest BCUT2D eigenvalue weighted by Crippen LogP contribution is -2.42. The number of nitrogens with zero attached hydrogens (tertiary/aromatic N) is 1. The van der Waals surface area contributed by atoms with Gasteiger partial charge in [-0.15, -0.1) is 0 Å². The molecule has 0 aliphatic carbocycles. The average molecular weight is 239 g/mol. The molecule has 15 heavy (non-hydrogen) atoms. The molecule has 7 heteroatoms. The first-order valence-corrected chi connectivity index (χ1v) is 5.54.